The molecule has 0 spiro atoms. The van der Waals surface area contributed by atoms with Gasteiger partial charge in [0.1, 0.15) is 0 Å². The lowest BCUT2D eigenvalue weighted by atomic mass is 9.68. The Labute approximate surface area is 169 Å². The van der Waals surface area contributed by atoms with E-state index in [2.05, 4.69) is 19.1 Å². The Balaban J connectivity index is 1.54. The summed E-state index contributed by atoms with van der Waals surface area (Å²) < 4.78 is 34.5. The second kappa shape index (κ2) is 10.4. The molecular weight excluding hydrogens is 354 g/mol. The number of halogens is 2. The van der Waals surface area contributed by atoms with E-state index in [0.717, 1.165) is 56.3 Å². The Morgan fingerprint density at radius 3 is 2.18 bits per heavy atom. The molecule has 3 heteroatoms. The quantitative estimate of drug-likeness (QED) is 0.341. The highest BCUT2D eigenvalue weighted by molar-refractivity contribution is 5.33. The molecule has 0 aliphatic heterocycles. The highest BCUT2D eigenvalue weighted by Crippen LogP contribution is 2.45. The summed E-state index contributed by atoms with van der Waals surface area (Å²) in [6.07, 6.45) is 15.9. The predicted molar refractivity (Wildman–Crippen MR) is 112 cm³/mol. The number of ether oxygens (including phenoxy) is 1. The normalized spacial score (nSPS) is 28.6. The first kappa shape index (κ1) is 21.3. The molecule has 1 aromatic rings. The molecule has 0 unspecified atom stereocenters. The molecule has 3 rings (SSSR count). The Bertz CT molecular complexity index is 638. The summed E-state index contributed by atoms with van der Waals surface area (Å²) in [6, 6.07) is 3.38. The summed E-state index contributed by atoms with van der Waals surface area (Å²) in [4.78, 5) is 0. The van der Waals surface area contributed by atoms with Crippen LogP contribution in [0.5, 0.6) is 5.75 Å². The van der Waals surface area contributed by atoms with Crippen LogP contribution in [0.3, 0.4) is 0 Å². The summed E-state index contributed by atoms with van der Waals surface area (Å²) in [6.45, 7) is 4.60. The summed E-state index contributed by atoms with van der Waals surface area (Å²) in [5.41, 5.74) is 0.551. The van der Waals surface area contributed by atoms with Gasteiger partial charge in [-0.1, -0.05) is 31.6 Å². The number of hydrogen-bond acceptors (Lipinski definition) is 1. The van der Waals surface area contributed by atoms with Crippen molar-refractivity contribution in [2.75, 3.05) is 6.61 Å². The van der Waals surface area contributed by atoms with E-state index in [1.54, 1.807) is 12.1 Å². The van der Waals surface area contributed by atoms with Crippen LogP contribution in [0.1, 0.15) is 89.5 Å². The molecule has 1 aromatic carbocycles. The van der Waals surface area contributed by atoms with Crippen LogP contribution in [-0.4, -0.2) is 6.61 Å². The number of unbranched alkanes of at least 4 members (excludes halogenated alkanes) is 1. The zero-order chi connectivity index (χ0) is 19.9. The average molecular weight is 391 g/mol. The molecule has 156 valence electrons. The fourth-order valence-corrected chi connectivity index (χ4v) is 5.28. The molecule has 0 atom stereocenters. The molecule has 28 heavy (non-hydrogen) atoms. The SMILES string of the molecule is CC=CC1CCC(C2CCC(c3ccc(OCCCC)c(F)c3F)CC2)CC1. The first-order valence-electron chi connectivity index (χ1n) is 11.4. The predicted octanol–water partition coefficient (Wildman–Crippen LogP) is 7.80. The van der Waals surface area contributed by atoms with Gasteiger partial charge >= 0.3 is 0 Å². The van der Waals surface area contributed by atoms with Crippen molar-refractivity contribution >= 4 is 0 Å². The first-order valence-corrected chi connectivity index (χ1v) is 11.4. The maximum atomic E-state index is 14.7. The van der Waals surface area contributed by atoms with Gasteiger partial charge in [-0.05, 0) is 100 Å². The second-order valence-electron chi connectivity index (χ2n) is 8.80. The van der Waals surface area contributed by atoms with E-state index in [0.29, 0.717) is 12.2 Å². The van der Waals surface area contributed by atoms with Crippen LogP contribution in [0, 0.1) is 29.4 Å². The molecule has 2 fully saturated rings. The molecule has 2 aliphatic carbocycles. The van der Waals surface area contributed by atoms with E-state index in [1.165, 1.54) is 25.7 Å². The van der Waals surface area contributed by atoms with E-state index >= 15 is 0 Å². The lowest BCUT2D eigenvalue weighted by Crippen LogP contribution is -2.25. The Morgan fingerprint density at radius 1 is 0.929 bits per heavy atom. The van der Waals surface area contributed by atoms with Crippen molar-refractivity contribution in [3.05, 3.63) is 41.5 Å². The lowest BCUT2D eigenvalue weighted by molar-refractivity contribution is 0.170. The van der Waals surface area contributed by atoms with Gasteiger partial charge in [0.05, 0.1) is 6.61 Å². The van der Waals surface area contributed by atoms with Crippen LogP contribution in [0.25, 0.3) is 0 Å². The van der Waals surface area contributed by atoms with Gasteiger partial charge in [-0.15, -0.1) is 0 Å². The molecule has 0 saturated heterocycles. The van der Waals surface area contributed by atoms with Gasteiger partial charge in [0, 0.05) is 0 Å². The summed E-state index contributed by atoms with van der Waals surface area (Å²) in [5.74, 6) is 1.08. The molecule has 0 heterocycles. The number of allylic oxidation sites excluding steroid dienone is 2. The van der Waals surface area contributed by atoms with Crippen LogP contribution in [0.2, 0.25) is 0 Å². The lowest BCUT2D eigenvalue weighted by Gasteiger charge is -2.37. The molecule has 2 aliphatic rings. The van der Waals surface area contributed by atoms with E-state index < -0.39 is 11.6 Å². The standard InChI is InChI=1S/C25H36F2O/c1-3-5-17-28-23-16-15-22(24(26)25(23)27)21-13-11-20(12-14-21)19-9-7-18(6-4-2)8-10-19/h4,6,15-16,18-21H,3,5,7-14,17H2,1-2H3. The van der Waals surface area contributed by atoms with Crippen LogP contribution < -0.4 is 4.74 Å². The van der Waals surface area contributed by atoms with E-state index in [4.69, 9.17) is 4.74 Å². The van der Waals surface area contributed by atoms with Crippen LogP contribution in [0.15, 0.2) is 24.3 Å². The van der Waals surface area contributed by atoms with Gasteiger partial charge in [-0.2, -0.15) is 4.39 Å². The van der Waals surface area contributed by atoms with E-state index in [9.17, 15) is 8.78 Å². The molecule has 0 aromatic heterocycles. The molecule has 0 N–H and O–H groups in total. The fraction of sp³-hybridized carbons (Fsp3) is 0.680. The van der Waals surface area contributed by atoms with Crippen molar-refractivity contribution in [3.8, 4) is 5.75 Å². The van der Waals surface area contributed by atoms with E-state index in [-0.39, 0.29) is 11.7 Å². The highest BCUT2D eigenvalue weighted by Gasteiger charge is 2.32. The zero-order valence-electron chi connectivity index (χ0n) is 17.6. The molecule has 0 radical (unpaired) electrons. The van der Waals surface area contributed by atoms with Gasteiger partial charge in [0.15, 0.2) is 11.6 Å². The second-order valence-corrected chi connectivity index (χ2v) is 8.80. The van der Waals surface area contributed by atoms with Gasteiger partial charge in [0.2, 0.25) is 5.82 Å². The Morgan fingerprint density at radius 2 is 1.57 bits per heavy atom. The third-order valence-electron chi connectivity index (χ3n) is 6.99. The third-order valence-corrected chi connectivity index (χ3v) is 6.99. The van der Waals surface area contributed by atoms with Crippen molar-refractivity contribution in [1.82, 2.24) is 0 Å². The van der Waals surface area contributed by atoms with Crippen LogP contribution in [-0.2, 0) is 0 Å². The average Bonchev–Trinajstić information content (AvgIpc) is 2.72. The maximum Gasteiger partial charge on any atom is 0.200 e. The van der Waals surface area contributed by atoms with Crippen molar-refractivity contribution in [2.45, 2.75) is 84.0 Å². The summed E-state index contributed by atoms with van der Waals surface area (Å²) in [7, 11) is 0. The minimum absolute atomic E-state index is 0.0567. The number of hydrogen-bond donors (Lipinski definition) is 0. The Hall–Kier alpha value is -1.38. The highest BCUT2D eigenvalue weighted by atomic mass is 19.2. The van der Waals surface area contributed by atoms with Gasteiger partial charge < -0.3 is 4.74 Å². The summed E-state index contributed by atoms with van der Waals surface area (Å²) >= 11 is 0. The van der Waals surface area contributed by atoms with Crippen molar-refractivity contribution in [2.24, 2.45) is 17.8 Å². The molecular formula is C25H36F2O. The van der Waals surface area contributed by atoms with E-state index in [1.807, 2.05) is 6.92 Å². The monoisotopic (exact) mass is 390 g/mol. The maximum absolute atomic E-state index is 14.7. The van der Waals surface area contributed by atoms with Gasteiger partial charge in [-0.3, -0.25) is 0 Å². The van der Waals surface area contributed by atoms with Gasteiger partial charge in [0.25, 0.3) is 0 Å². The van der Waals surface area contributed by atoms with Crippen LogP contribution in [0.4, 0.5) is 8.78 Å². The number of rotatable bonds is 7. The molecule has 2 saturated carbocycles. The van der Waals surface area contributed by atoms with Crippen molar-refractivity contribution < 1.29 is 13.5 Å². The van der Waals surface area contributed by atoms with Crippen molar-refractivity contribution in [1.29, 1.82) is 0 Å². The number of benzene rings is 1. The summed E-state index contributed by atoms with van der Waals surface area (Å²) in [5, 5.41) is 0. The topological polar surface area (TPSA) is 9.23 Å². The largest absolute Gasteiger partial charge is 0.490 e. The first-order chi connectivity index (χ1) is 13.6. The van der Waals surface area contributed by atoms with Crippen molar-refractivity contribution in [3.63, 3.8) is 0 Å². The fourth-order valence-electron chi connectivity index (χ4n) is 5.28. The minimum Gasteiger partial charge on any atom is -0.490 e. The Kier molecular flexibility index (Phi) is 7.93. The zero-order valence-corrected chi connectivity index (χ0v) is 17.6. The molecule has 1 nitrogen and oxygen atoms in total. The molecule has 0 bridgehead atoms. The van der Waals surface area contributed by atoms with Crippen LogP contribution >= 0.6 is 0 Å². The third kappa shape index (κ3) is 5.15. The van der Waals surface area contributed by atoms with Gasteiger partial charge in [-0.25, -0.2) is 4.39 Å². The minimum atomic E-state index is -0.807. The smallest absolute Gasteiger partial charge is 0.200 e. The molecule has 0 amide bonds.